The molecular weight excluding hydrogens is 289 g/mol. The van der Waals surface area contributed by atoms with E-state index in [0.717, 1.165) is 6.92 Å². The lowest BCUT2D eigenvalue weighted by atomic mass is 9.99. The van der Waals surface area contributed by atoms with E-state index in [4.69, 9.17) is 15.6 Å². The van der Waals surface area contributed by atoms with Gasteiger partial charge >= 0.3 is 5.69 Å². The molecule has 21 heavy (non-hydrogen) atoms. The minimum absolute atomic E-state index is 0.421. The lowest BCUT2D eigenvalue weighted by Crippen LogP contribution is -2.55. The summed E-state index contributed by atoms with van der Waals surface area (Å²) in [6.45, 7) is 0.267. The molecule has 0 radical (unpaired) electrons. The average molecular weight is 303 g/mol. The first-order valence-electron chi connectivity index (χ1n) is 5.96. The Morgan fingerprint density at radius 1 is 1.62 bits per heavy atom. The number of rotatable bonds is 3. The van der Waals surface area contributed by atoms with Crippen LogP contribution in [0.25, 0.3) is 0 Å². The van der Waals surface area contributed by atoms with Crippen LogP contribution in [0.2, 0.25) is 0 Å². The van der Waals surface area contributed by atoms with Gasteiger partial charge in [-0.25, -0.2) is 9.18 Å². The Labute approximate surface area is 117 Å². The van der Waals surface area contributed by atoms with Crippen molar-refractivity contribution < 1.29 is 29.2 Å². The van der Waals surface area contributed by atoms with Crippen molar-refractivity contribution in [1.29, 1.82) is 0 Å². The van der Waals surface area contributed by atoms with Crippen molar-refractivity contribution in [2.75, 3.05) is 12.3 Å². The number of nitrogens with two attached hydrogens (primary N) is 1. The van der Waals surface area contributed by atoms with E-state index >= 15 is 0 Å². The minimum Gasteiger partial charge on any atom is -0.394 e. The quantitative estimate of drug-likeness (QED) is 0.472. The van der Waals surface area contributed by atoms with Crippen molar-refractivity contribution in [3.8, 4) is 0 Å². The fourth-order valence-corrected chi connectivity index (χ4v) is 2.29. The number of hydrogen-bond acceptors (Lipinski definition) is 8. The van der Waals surface area contributed by atoms with E-state index in [2.05, 4.69) is 4.98 Å². The van der Waals surface area contributed by atoms with Gasteiger partial charge in [-0.2, -0.15) is 4.98 Å². The van der Waals surface area contributed by atoms with Crippen molar-refractivity contribution in [1.82, 2.24) is 9.55 Å². The average Bonchev–Trinajstić information content (AvgIpc) is 2.68. The van der Waals surface area contributed by atoms with Crippen LogP contribution in [0.15, 0.2) is 11.0 Å². The summed E-state index contributed by atoms with van der Waals surface area (Å²) >= 11 is 0. The molecule has 2 rings (SSSR count). The van der Waals surface area contributed by atoms with E-state index in [0.29, 0.717) is 10.8 Å². The standard InChI is InChI=1S/C11H14FN3O6/c1-4(17)11(8(19)7(18)6(3-16)21-11)15-2-5(12)9(13)14-10(15)20/h2,6-8,16,18-19H,3H2,1H3,(H2,13,14,20)/t6-,7-,8-,11-/m1/s1. The summed E-state index contributed by atoms with van der Waals surface area (Å²) in [6.07, 6.45) is -4.31. The largest absolute Gasteiger partial charge is 0.394 e. The molecule has 1 aliphatic rings. The van der Waals surface area contributed by atoms with Crippen LogP contribution in [-0.2, 0) is 15.3 Å². The Hall–Kier alpha value is -1.88. The molecule has 1 saturated heterocycles. The van der Waals surface area contributed by atoms with Gasteiger partial charge in [-0.05, 0) is 6.92 Å². The van der Waals surface area contributed by atoms with E-state index in [-0.39, 0.29) is 0 Å². The molecule has 2 heterocycles. The van der Waals surface area contributed by atoms with Gasteiger partial charge in [0.15, 0.2) is 17.4 Å². The van der Waals surface area contributed by atoms with E-state index in [9.17, 15) is 24.2 Å². The number of ether oxygens (including phenoxy) is 1. The number of hydrogen-bond donors (Lipinski definition) is 4. The predicted molar refractivity (Wildman–Crippen MR) is 65.5 cm³/mol. The SMILES string of the molecule is CC(=O)[C@@]1(n2cc(F)c(N)nc2=O)O[C@H](CO)[C@@H](O)[C@H]1O. The van der Waals surface area contributed by atoms with Gasteiger partial charge in [-0.15, -0.1) is 0 Å². The van der Waals surface area contributed by atoms with Gasteiger partial charge in [0.05, 0.1) is 12.8 Å². The fourth-order valence-electron chi connectivity index (χ4n) is 2.29. The molecule has 9 nitrogen and oxygen atoms in total. The topological polar surface area (TPSA) is 148 Å². The second kappa shape index (κ2) is 5.15. The van der Waals surface area contributed by atoms with Crippen LogP contribution < -0.4 is 11.4 Å². The number of aliphatic hydroxyl groups excluding tert-OH is 3. The first-order chi connectivity index (χ1) is 9.75. The van der Waals surface area contributed by atoms with Gasteiger partial charge in [-0.1, -0.05) is 0 Å². The van der Waals surface area contributed by atoms with Gasteiger partial charge in [0.25, 0.3) is 0 Å². The predicted octanol–water partition coefficient (Wildman–Crippen LogP) is -2.68. The van der Waals surface area contributed by atoms with Crippen molar-refractivity contribution in [3.05, 3.63) is 22.5 Å². The zero-order valence-electron chi connectivity index (χ0n) is 10.9. The minimum atomic E-state index is -2.38. The fraction of sp³-hybridized carbons (Fsp3) is 0.545. The smallest absolute Gasteiger partial charge is 0.352 e. The Morgan fingerprint density at radius 2 is 2.24 bits per heavy atom. The Morgan fingerprint density at radius 3 is 2.71 bits per heavy atom. The molecule has 116 valence electrons. The number of carbonyl (C=O) groups is 1. The lowest BCUT2D eigenvalue weighted by Gasteiger charge is -2.30. The molecule has 0 bridgehead atoms. The number of aliphatic hydroxyl groups is 3. The molecule has 1 aromatic rings. The number of anilines is 1. The molecule has 0 amide bonds. The maximum atomic E-state index is 13.5. The first kappa shape index (κ1) is 15.5. The summed E-state index contributed by atoms with van der Waals surface area (Å²) in [5, 5.41) is 28.9. The third-order valence-corrected chi connectivity index (χ3v) is 3.39. The maximum Gasteiger partial charge on any atom is 0.352 e. The molecule has 0 unspecified atom stereocenters. The van der Waals surface area contributed by atoms with Crippen molar-refractivity contribution >= 4 is 11.6 Å². The van der Waals surface area contributed by atoms with Crippen LogP contribution in [0.1, 0.15) is 6.92 Å². The summed E-state index contributed by atoms with van der Waals surface area (Å²) in [5.74, 6) is -2.66. The molecule has 5 N–H and O–H groups in total. The zero-order chi connectivity index (χ0) is 15.9. The van der Waals surface area contributed by atoms with Crippen LogP contribution in [0.4, 0.5) is 10.2 Å². The number of halogens is 1. The van der Waals surface area contributed by atoms with E-state index in [1.54, 1.807) is 0 Å². The second-order valence-corrected chi connectivity index (χ2v) is 4.65. The highest BCUT2D eigenvalue weighted by molar-refractivity contribution is 5.84. The molecule has 0 saturated carbocycles. The van der Waals surface area contributed by atoms with Crippen LogP contribution in [-0.4, -0.2) is 55.6 Å². The number of aromatic nitrogens is 2. The van der Waals surface area contributed by atoms with E-state index in [1.807, 2.05) is 0 Å². The number of carbonyl (C=O) groups excluding carboxylic acids is 1. The summed E-state index contributed by atoms with van der Waals surface area (Å²) < 4.78 is 19.1. The summed E-state index contributed by atoms with van der Waals surface area (Å²) in [7, 11) is 0. The molecule has 10 heteroatoms. The Bertz CT molecular complexity index is 635. The van der Waals surface area contributed by atoms with Crippen molar-refractivity contribution in [2.24, 2.45) is 0 Å². The normalized spacial score (nSPS) is 32.3. The van der Waals surface area contributed by atoms with Crippen LogP contribution in [0, 0.1) is 5.82 Å². The van der Waals surface area contributed by atoms with Gasteiger partial charge in [0.1, 0.15) is 18.3 Å². The first-order valence-corrected chi connectivity index (χ1v) is 5.96. The molecule has 1 fully saturated rings. The number of ketones is 1. The maximum absolute atomic E-state index is 13.5. The molecule has 0 aromatic carbocycles. The second-order valence-electron chi connectivity index (χ2n) is 4.65. The monoisotopic (exact) mass is 303 g/mol. The number of nitrogen functional groups attached to an aromatic ring is 1. The summed E-state index contributed by atoms with van der Waals surface area (Å²) in [4.78, 5) is 26.9. The van der Waals surface area contributed by atoms with Crippen LogP contribution in [0.5, 0.6) is 0 Å². The highest BCUT2D eigenvalue weighted by Crippen LogP contribution is 2.35. The Balaban J connectivity index is 2.68. The third kappa shape index (κ3) is 2.12. The summed E-state index contributed by atoms with van der Waals surface area (Å²) in [5.41, 5.74) is 1.62. The third-order valence-electron chi connectivity index (χ3n) is 3.39. The molecular formula is C11H14FN3O6. The molecule has 0 spiro atoms. The summed E-state index contributed by atoms with van der Waals surface area (Å²) in [6, 6.07) is 0. The van der Waals surface area contributed by atoms with Crippen LogP contribution in [0.3, 0.4) is 0 Å². The molecule has 4 atom stereocenters. The van der Waals surface area contributed by atoms with Gasteiger partial charge < -0.3 is 25.8 Å². The molecule has 1 aliphatic heterocycles. The lowest BCUT2D eigenvalue weighted by molar-refractivity contribution is -0.174. The highest BCUT2D eigenvalue weighted by atomic mass is 19.1. The van der Waals surface area contributed by atoms with Gasteiger partial charge in [0, 0.05) is 0 Å². The van der Waals surface area contributed by atoms with E-state index < -0.39 is 53.8 Å². The Kier molecular flexibility index (Phi) is 3.80. The van der Waals surface area contributed by atoms with Crippen molar-refractivity contribution in [3.63, 3.8) is 0 Å². The van der Waals surface area contributed by atoms with E-state index in [1.165, 1.54) is 0 Å². The molecule has 1 aromatic heterocycles. The number of nitrogens with zero attached hydrogens (tertiary/aromatic N) is 2. The highest BCUT2D eigenvalue weighted by Gasteiger charge is 2.59. The molecule has 0 aliphatic carbocycles. The number of Topliss-reactive ketones (excluding diaryl/α,β-unsaturated/α-hetero) is 1. The van der Waals surface area contributed by atoms with Gasteiger partial charge in [0.2, 0.25) is 5.72 Å². The van der Waals surface area contributed by atoms with Crippen LogP contribution >= 0.6 is 0 Å². The van der Waals surface area contributed by atoms with Crippen molar-refractivity contribution in [2.45, 2.75) is 31.0 Å². The zero-order valence-corrected chi connectivity index (χ0v) is 10.9. The van der Waals surface area contributed by atoms with Gasteiger partial charge in [-0.3, -0.25) is 9.36 Å².